The Hall–Kier alpha value is -1.56. The van der Waals surface area contributed by atoms with Gasteiger partial charge in [-0.25, -0.2) is 0 Å². The average Bonchev–Trinajstić information content (AvgIpc) is 2.91. The minimum Gasteiger partial charge on any atom is -0.301 e. The summed E-state index contributed by atoms with van der Waals surface area (Å²) in [5, 5.41) is 0. The van der Waals surface area contributed by atoms with Gasteiger partial charge in [0.05, 0.1) is 6.04 Å². The summed E-state index contributed by atoms with van der Waals surface area (Å²) in [7, 11) is 0. The molecule has 122 valence electrons. The van der Waals surface area contributed by atoms with E-state index in [0.717, 1.165) is 22.6 Å². The fourth-order valence-corrected chi connectivity index (χ4v) is 2.92. The number of hydrogen-bond acceptors (Lipinski definition) is 2. The topological polar surface area (TPSA) is 23.6 Å². The maximum Gasteiger partial charge on any atom is 0.471 e. The van der Waals surface area contributed by atoms with Gasteiger partial charge in [0.2, 0.25) is 0 Å². The summed E-state index contributed by atoms with van der Waals surface area (Å²) in [4.78, 5) is 15.0. The van der Waals surface area contributed by atoms with E-state index in [1.807, 2.05) is 19.9 Å². The maximum atomic E-state index is 13.0. The molecule has 1 aliphatic heterocycles. The van der Waals surface area contributed by atoms with E-state index >= 15 is 0 Å². The van der Waals surface area contributed by atoms with Crippen LogP contribution in [0.4, 0.5) is 18.9 Å². The lowest BCUT2D eigenvalue weighted by molar-refractivity contribution is -0.170. The van der Waals surface area contributed by atoms with Crippen LogP contribution in [0.5, 0.6) is 0 Å². The van der Waals surface area contributed by atoms with E-state index in [1.165, 1.54) is 0 Å². The molecule has 1 heterocycles. The van der Waals surface area contributed by atoms with Crippen molar-refractivity contribution in [1.82, 2.24) is 4.90 Å². The highest BCUT2D eigenvalue weighted by molar-refractivity contribution is 5.98. The number of halogens is 3. The molecule has 0 aliphatic carbocycles. The van der Waals surface area contributed by atoms with E-state index in [9.17, 15) is 18.0 Å². The van der Waals surface area contributed by atoms with Gasteiger partial charge in [0.15, 0.2) is 0 Å². The number of anilines is 1. The van der Waals surface area contributed by atoms with Crippen LogP contribution < -0.4 is 4.90 Å². The molecule has 0 aromatic heterocycles. The van der Waals surface area contributed by atoms with Crippen LogP contribution in [0.2, 0.25) is 0 Å². The fraction of sp³-hybridized carbons (Fsp3) is 0.562. The Labute approximate surface area is 128 Å². The summed E-state index contributed by atoms with van der Waals surface area (Å²) in [5.41, 5.74) is 1.96. The Bertz CT molecular complexity index is 557. The SMILES string of the molecule is CCN1CCC(N(C(=O)C(F)(F)F)c2cccc(C)c2C)C1. The highest BCUT2D eigenvalue weighted by Gasteiger charge is 2.46. The smallest absolute Gasteiger partial charge is 0.301 e. The van der Waals surface area contributed by atoms with Crippen molar-refractivity contribution in [3.63, 3.8) is 0 Å². The molecule has 1 aromatic rings. The highest BCUT2D eigenvalue weighted by atomic mass is 19.4. The molecular weight excluding hydrogens is 293 g/mol. The molecule has 1 aromatic carbocycles. The second-order valence-electron chi connectivity index (χ2n) is 5.73. The van der Waals surface area contributed by atoms with Crippen molar-refractivity contribution in [2.45, 2.75) is 39.4 Å². The van der Waals surface area contributed by atoms with Gasteiger partial charge in [0, 0.05) is 18.8 Å². The summed E-state index contributed by atoms with van der Waals surface area (Å²) in [6.07, 6.45) is -4.31. The number of amides is 1. The van der Waals surface area contributed by atoms with Crippen LogP contribution in [0.3, 0.4) is 0 Å². The first-order valence-corrected chi connectivity index (χ1v) is 7.44. The summed E-state index contributed by atoms with van der Waals surface area (Å²) in [5.74, 6) is -1.77. The third-order valence-electron chi connectivity index (χ3n) is 4.36. The predicted octanol–water partition coefficient (Wildman–Crippen LogP) is 3.29. The lowest BCUT2D eigenvalue weighted by atomic mass is 10.0. The van der Waals surface area contributed by atoms with Gasteiger partial charge >= 0.3 is 12.1 Å². The van der Waals surface area contributed by atoms with Gasteiger partial charge in [-0.15, -0.1) is 0 Å². The molecule has 3 nitrogen and oxygen atoms in total. The second kappa shape index (κ2) is 6.28. The molecule has 1 saturated heterocycles. The lowest BCUT2D eigenvalue weighted by Crippen LogP contribution is -2.48. The Kier molecular flexibility index (Phi) is 4.80. The van der Waals surface area contributed by atoms with Crippen molar-refractivity contribution in [2.24, 2.45) is 0 Å². The number of carbonyl (C=O) groups is 1. The van der Waals surface area contributed by atoms with Crippen molar-refractivity contribution in [3.8, 4) is 0 Å². The Morgan fingerprint density at radius 2 is 2.05 bits per heavy atom. The number of likely N-dealkylation sites (tertiary alicyclic amines) is 1. The molecule has 6 heteroatoms. The number of rotatable bonds is 3. The molecule has 1 fully saturated rings. The molecule has 0 bridgehead atoms. The average molecular weight is 314 g/mol. The first kappa shape index (κ1) is 16.8. The Morgan fingerprint density at radius 1 is 1.36 bits per heavy atom. The first-order valence-electron chi connectivity index (χ1n) is 7.44. The zero-order valence-electron chi connectivity index (χ0n) is 13.1. The lowest BCUT2D eigenvalue weighted by Gasteiger charge is -2.31. The minimum atomic E-state index is -4.87. The third kappa shape index (κ3) is 3.27. The zero-order chi connectivity index (χ0) is 16.5. The molecule has 0 spiro atoms. The number of alkyl halides is 3. The van der Waals surface area contributed by atoms with Crippen LogP contribution >= 0.6 is 0 Å². The van der Waals surface area contributed by atoms with Crippen molar-refractivity contribution in [1.29, 1.82) is 0 Å². The summed E-state index contributed by atoms with van der Waals surface area (Å²) in [6, 6.07) is 4.69. The van der Waals surface area contributed by atoms with Crippen molar-refractivity contribution < 1.29 is 18.0 Å². The van der Waals surface area contributed by atoms with E-state index in [1.54, 1.807) is 19.1 Å². The number of benzene rings is 1. The Morgan fingerprint density at radius 3 is 2.59 bits per heavy atom. The number of hydrogen-bond donors (Lipinski definition) is 0. The van der Waals surface area contributed by atoms with Crippen LogP contribution in [0.1, 0.15) is 24.5 Å². The molecule has 0 radical (unpaired) electrons. The van der Waals surface area contributed by atoms with E-state index in [4.69, 9.17) is 0 Å². The normalized spacial score (nSPS) is 19.5. The number of aryl methyl sites for hydroxylation is 1. The molecule has 0 saturated carbocycles. The van der Waals surface area contributed by atoms with Crippen LogP contribution in [-0.2, 0) is 4.79 Å². The standard InChI is InChI=1S/C16H21F3N2O/c1-4-20-9-8-13(10-20)21(15(22)16(17,18)19)14-7-5-6-11(2)12(14)3/h5-7,13H,4,8-10H2,1-3H3. The molecule has 1 amide bonds. The summed E-state index contributed by atoms with van der Waals surface area (Å²) >= 11 is 0. The molecule has 1 aliphatic rings. The van der Waals surface area contributed by atoms with Crippen LogP contribution in [-0.4, -0.2) is 42.7 Å². The quantitative estimate of drug-likeness (QED) is 0.855. The van der Waals surface area contributed by atoms with E-state index in [0.29, 0.717) is 25.2 Å². The summed E-state index contributed by atoms with van der Waals surface area (Å²) in [6.45, 7) is 7.53. The van der Waals surface area contributed by atoms with E-state index in [-0.39, 0.29) is 0 Å². The fourth-order valence-electron chi connectivity index (χ4n) is 2.92. The monoisotopic (exact) mass is 314 g/mol. The zero-order valence-corrected chi connectivity index (χ0v) is 13.1. The van der Waals surface area contributed by atoms with E-state index in [2.05, 4.69) is 4.90 Å². The molecule has 22 heavy (non-hydrogen) atoms. The highest BCUT2D eigenvalue weighted by Crippen LogP contribution is 2.32. The molecule has 1 unspecified atom stereocenters. The van der Waals surface area contributed by atoms with Crippen LogP contribution in [0, 0.1) is 13.8 Å². The maximum absolute atomic E-state index is 13.0. The molecule has 2 rings (SSSR count). The summed E-state index contributed by atoms with van der Waals surface area (Å²) < 4.78 is 39.1. The van der Waals surface area contributed by atoms with Crippen LogP contribution in [0.25, 0.3) is 0 Å². The molecule has 1 atom stereocenters. The second-order valence-corrected chi connectivity index (χ2v) is 5.73. The first-order chi connectivity index (χ1) is 10.3. The molecule has 0 N–H and O–H groups in total. The number of likely N-dealkylation sites (N-methyl/N-ethyl adjacent to an activating group) is 1. The molecular formula is C16H21F3N2O. The number of carbonyl (C=O) groups excluding carboxylic acids is 1. The van der Waals surface area contributed by atoms with Gasteiger partial charge in [0.25, 0.3) is 0 Å². The largest absolute Gasteiger partial charge is 0.471 e. The Balaban J connectivity index is 2.42. The number of nitrogens with zero attached hydrogens (tertiary/aromatic N) is 2. The van der Waals surface area contributed by atoms with Gasteiger partial charge in [0.1, 0.15) is 0 Å². The minimum absolute atomic E-state index is 0.366. The van der Waals surface area contributed by atoms with Gasteiger partial charge in [-0.2, -0.15) is 13.2 Å². The van der Waals surface area contributed by atoms with Gasteiger partial charge in [-0.1, -0.05) is 19.1 Å². The van der Waals surface area contributed by atoms with Crippen LogP contribution in [0.15, 0.2) is 18.2 Å². The van der Waals surface area contributed by atoms with Gasteiger partial charge in [-0.3, -0.25) is 9.69 Å². The van der Waals surface area contributed by atoms with Crippen molar-refractivity contribution in [2.75, 3.05) is 24.5 Å². The van der Waals surface area contributed by atoms with Crippen molar-refractivity contribution in [3.05, 3.63) is 29.3 Å². The van der Waals surface area contributed by atoms with Gasteiger partial charge < -0.3 is 4.90 Å². The predicted molar refractivity (Wildman–Crippen MR) is 80.0 cm³/mol. The van der Waals surface area contributed by atoms with Crippen molar-refractivity contribution >= 4 is 11.6 Å². The van der Waals surface area contributed by atoms with Gasteiger partial charge in [-0.05, 0) is 44.0 Å². The third-order valence-corrected chi connectivity index (χ3v) is 4.36. The van der Waals surface area contributed by atoms with E-state index < -0.39 is 18.1 Å².